The molecule has 0 radical (unpaired) electrons. The van der Waals surface area contributed by atoms with E-state index in [1.54, 1.807) is 4.90 Å². The fraction of sp³-hybridized carbons (Fsp3) is 0.438. The lowest BCUT2D eigenvalue weighted by atomic mass is 9.98. The molecule has 1 aliphatic rings. The zero-order valence-corrected chi connectivity index (χ0v) is 11.8. The Labute approximate surface area is 119 Å². The molecule has 0 bridgehead atoms. The van der Waals surface area contributed by atoms with E-state index >= 15 is 0 Å². The van der Waals surface area contributed by atoms with Gasteiger partial charge in [-0.2, -0.15) is 0 Å². The van der Waals surface area contributed by atoms with Crippen molar-refractivity contribution in [3.8, 4) is 0 Å². The van der Waals surface area contributed by atoms with Crippen molar-refractivity contribution >= 4 is 6.09 Å². The summed E-state index contributed by atoms with van der Waals surface area (Å²) in [5.41, 5.74) is 2.21. The van der Waals surface area contributed by atoms with Crippen LogP contribution in [0.25, 0.3) is 0 Å². The summed E-state index contributed by atoms with van der Waals surface area (Å²) < 4.78 is 5.35. The van der Waals surface area contributed by atoms with Crippen molar-refractivity contribution in [1.29, 1.82) is 0 Å². The number of ether oxygens (including phenoxy) is 1. The number of piperidine rings is 1. The van der Waals surface area contributed by atoms with E-state index in [4.69, 9.17) is 9.84 Å². The van der Waals surface area contributed by atoms with Crippen molar-refractivity contribution in [2.45, 2.75) is 32.4 Å². The van der Waals surface area contributed by atoms with E-state index < -0.39 is 0 Å². The second-order valence-electron chi connectivity index (χ2n) is 5.08. The first-order valence-electron chi connectivity index (χ1n) is 6.97. The maximum atomic E-state index is 12.1. The van der Waals surface area contributed by atoms with Gasteiger partial charge in [0.2, 0.25) is 0 Å². The number of carbonyl (C=O) groups is 1. The Kier molecular flexibility index (Phi) is 5.18. The number of amides is 1. The molecule has 108 valence electrons. The van der Waals surface area contributed by atoms with Crippen molar-refractivity contribution in [3.63, 3.8) is 0 Å². The van der Waals surface area contributed by atoms with Crippen molar-refractivity contribution in [2.75, 3.05) is 13.2 Å². The molecule has 1 aromatic carbocycles. The molecule has 1 aromatic rings. The average molecular weight is 275 g/mol. The van der Waals surface area contributed by atoms with Gasteiger partial charge in [-0.15, -0.1) is 0 Å². The largest absolute Gasteiger partial charge is 0.445 e. The first-order chi connectivity index (χ1) is 9.70. The summed E-state index contributed by atoms with van der Waals surface area (Å²) in [5.74, 6) is 0. The third kappa shape index (κ3) is 3.84. The van der Waals surface area contributed by atoms with Crippen LogP contribution in [0.5, 0.6) is 0 Å². The van der Waals surface area contributed by atoms with E-state index in [0.717, 1.165) is 18.4 Å². The second-order valence-corrected chi connectivity index (χ2v) is 5.08. The smallest absolute Gasteiger partial charge is 0.410 e. The lowest BCUT2D eigenvalue weighted by Crippen LogP contribution is -2.43. The summed E-state index contributed by atoms with van der Waals surface area (Å²) in [6.45, 7) is 3.04. The number of rotatable bonds is 3. The highest BCUT2D eigenvalue weighted by Crippen LogP contribution is 2.22. The number of carbonyl (C=O) groups excluding carboxylic acids is 1. The van der Waals surface area contributed by atoms with Crippen LogP contribution in [0.4, 0.5) is 4.79 Å². The molecule has 1 N–H and O–H groups in total. The zero-order valence-electron chi connectivity index (χ0n) is 11.8. The third-order valence-electron chi connectivity index (χ3n) is 3.58. The van der Waals surface area contributed by atoms with Crippen LogP contribution in [0.2, 0.25) is 0 Å². The number of hydrogen-bond donors (Lipinski definition) is 1. The Hall–Kier alpha value is -1.81. The van der Waals surface area contributed by atoms with Crippen LogP contribution in [-0.4, -0.2) is 35.3 Å². The van der Waals surface area contributed by atoms with Crippen LogP contribution in [0.1, 0.15) is 25.3 Å². The molecule has 2 rings (SSSR count). The standard InChI is InChI=1S/C16H21NO3/c1-13-11-14(8-10-18)7-9-17(13)16(19)20-12-15-5-3-2-4-6-15/h2-6,8,13,18H,7,9-12H2,1H3. The fourth-order valence-electron chi connectivity index (χ4n) is 2.46. The van der Waals surface area contributed by atoms with Crippen LogP contribution in [0.15, 0.2) is 42.0 Å². The molecule has 1 atom stereocenters. The van der Waals surface area contributed by atoms with E-state index in [1.165, 1.54) is 5.57 Å². The lowest BCUT2D eigenvalue weighted by Gasteiger charge is -2.34. The van der Waals surface area contributed by atoms with Crippen LogP contribution in [0, 0.1) is 0 Å². The normalized spacial score (nSPS) is 21.0. The van der Waals surface area contributed by atoms with Gasteiger partial charge in [0.15, 0.2) is 0 Å². The number of hydrogen-bond acceptors (Lipinski definition) is 3. The Morgan fingerprint density at radius 1 is 1.45 bits per heavy atom. The van der Waals surface area contributed by atoms with Crippen LogP contribution >= 0.6 is 0 Å². The van der Waals surface area contributed by atoms with Crippen LogP contribution < -0.4 is 0 Å². The monoisotopic (exact) mass is 275 g/mol. The lowest BCUT2D eigenvalue weighted by molar-refractivity contribution is 0.0783. The number of aliphatic hydroxyl groups is 1. The second kappa shape index (κ2) is 7.10. The van der Waals surface area contributed by atoms with E-state index in [2.05, 4.69) is 0 Å². The number of aliphatic hydroxyl groups excluding tert-OH is 1. The predicted octanol–water partition coefficient (Wildman–Crippen LogP) is 2.73. The molecule has 0 aromatic heterocycles. The Morgan fingerprint density at radius 2 is 2.20 bits per heavy atom. The Morgan fingerprint density at radius 3 is 2.85 bits per heavy atom. The van der Waals surface area contributed by atoms with Gasteiger partial charge in [-0.25, -0.2) is 4.79 Å². The van der Waals surface area contributed by atoms with Crippen molar-refractivity contribution < 1.29 is 14.6 Å². The molecule has 4 nitrogen and oxygen atoms in total. The molecule has 0 saturated carbocycles. The van der Waals surface area contributed by atoms with Gasteiger partial charge in [0, 0.05) is 12.6 Å². The first kappa shape index (κ1) is 14.6. The van der Waals surface area contributed by atoms with Gasteiger partial charge in [0.05, 0.1) is 6.61 Å². The van der Waals surface area contributed by atoms with Gasteiger partial charge in [-0.1, -0.05) is 42.0 Å². The van der Waals surface area contributed by atoms with Gasteiger partial charge in [0.1, 0.15) is 6.61 Å². The molecule has 0 aliphatic carbocycles. The molecule has 1 unspecified atom stereocenters. The summed E-state index contributed by atoms with van der Waals surface area (Å²) >= 11 is 0. The molecule has 1 saturated heterocycles. The van der Waals surface area contributed by atoms with E-state index in [1.807, 2.05) is 43.3 Å². The predicted molar refractivity (Wildman–Crippen MR) is 77.2 cm³/mol. The summed E-state index contributed by atoms with van der Waals surface area (Å²) in [5, 5.41) is 8.91. The molecule has 20 heavy (non-hydrogen) atoms. The Bertz CT molecular complexity index is 470. The van der Waals surface area contributed by atoms with Crippen molar-refractivity contribution in [2.24, 2.45) is 0 Å². The van der Waals surface area contributed by atoms with Gasteiger partial charge >= 0.3 is 6.09 Å². The van der Waals surface area contributed by atoms with Gasteiger partial charge in [0.25, 0.3) is 0 Å². The van der Waals surface area contributed by atoms with Crippen molar-refractivity contribution in [1.82, 2.24) is 4.90 Å². The van der Waals surface area contributed by atoms with Gasteiger partial charge < -0.3 is 14.7 Å². The molecule has 4 heteroatoms. The molecule has 0 spiro atoms. The molecule has 1 heterocycles. The minimum atomic E-state index is -0.260. The SMILES string of the molecule is CC1CC(=CCO)CCN1C(=O)OCc1ccccc1. The highest BCUT2D eigenvalue weighted by atomic mass is 16.6. The number of nitrogens with zero attached hydrogens (tertiary/aromatic N) is 1. The first-order valence-corrected chi connectivity index (χ1v) is 6.97. The molecular weight excluding hydrogens is 254 g/mol. The maximum Gasteiger partial charge on any atom is 0.410 e. The third-order valence-corrected chi connectivity index (χ3v) is 3.58. The minimum Gasteiger partial charge on any atom is -0.445 e. The summed E-state index contributed by atoms with van der Waals surface area (Å²) in [6.07, 6.45) is 3.19. The maximum absolute atomic E-state index is 12.1. The quantitative estimate of drug-likeness (QED) is 0.863. The van der Waals surface area contributed by atoms with E-state index in [-0.39, 0.29) is 18.7 Å². The number of likely N-dealkylation sites (tertiary alicyclic amines) is 1. The summed E-state index contributed by atoms with van der Waals surface area (Å²) in [6, 6.07) is 9.79. The summed E-state index contributed by atoms with van der Waals surface area (Å²) in [4.78, 5) is 13.8. The molecule has 1 fully saturated rings. The van der Waals surface area contributed by atoms with Gasteiger partial charge in [-0.3, -0.25) is 0 Å². The van der Waals surface area contributed by atoms with E-state index in [0.29, 0.717) is 13.2 Å². The van der Waals surface area contributed by atoms with Crippen LogP contribution in [0.3, 0.4) is 0 Å². The number of benzene rings is 1. The Balaban J connectivity index is 1.86. The summed E-state index contributed by atoms with van der Waals surface area (Å²) in [7, 11) is 0. The fourth-order valence-corrected chi connectivity index (χ4v) is 2.46. The average Bonchev–Trinajstić information content (AvgIpc) is 2.46. The highest BCUT2D eigenvalue weighted by Gasteiger charge is 2.26. The minimum absolute atomic E-state index is 0.0699. The highest BCUT2D eigenvalue weighted by molar-refractivity contribution is 5.68. The molecular formula is C16H21NO3. The molecule has 1 aliphatic heterocycles. The zero-order chi connectivity index (χ0) is 14.4. The topological polar surface area (TPSA) is 49.8 Å². The molecule has 1 amide bonds. The van der Waals surface area contributed by atoms with Crippen molar-refractivity contribution in [3.05, 3.63) is 47.5 Å². The van der Waals surface area contributed by atoms with Crippen LogP contribution in [-0.2, 0) is 11.3 Å². The van der Waals surface area contributed by atoms with Gasteiger partial charge in [-0.05, 0) is 25.3 Å². The van der Waals surface area contributed by atoms with E-state index in [9.17, 15) is 4.79 Å².